The molecule has 2 aromatic carbocycles. The summed E-state index contributed by atoms with van der Waals surface area (Å²) in [4.78, 5) is 9.85. The van der Waals surface area contributed by atoms with Gasteiger partial charge in [-0.25, -0.2) is 9.37 Å². The quantitative estimate of drug-likeness (QED) is 0.413. The van der Waals surface area contributed by atoms with E-state index in [2.05, 4.69) is 15.0 Å². The summed E-state index contributed by atoms with van der Waals surface area (Å²) in [5, 5.41) is 15.2. The predicted molar refractivity (Wildman–Crippen MR) is 131 cm³/mol. The van der Waals surface area contributed by atoms with Gasteiger partial charge >= 0.3 is 0 Å². The molecule has 184 valence electrons. The Morgan fingerprint density at radius 2 is 1.69 bits per heavy atom. The van der Waals surface area contributed by atoms with Crippen molar-refractivity contribution in [2.24, 2.45) is 0 Å². The molecule has 1 saturated heterocycles. The fourth-order valence-electron chi connectivity index (χ4n) is 4.59. The molecule has 5 rings (SSSR count). The average Bonchev–Trinajstić information content (AvgIpc) is 3.47. The Morgan fingerprint density at radius 3 is 2.29 bits per heavy atom. The van der Waals surface area contributed by atoms with Gasteiger partial charge in [0, 0.05) is 26.2 Å². The van der Waals surface area contributed by atoms with Gasteiger partial charge in [0.15, 0.2) is 11.5 Å². The number of benzene rings is 2. The van der Waals surface area contributed by atoms with Crippen LogP contribution in [-0.2, 0) is 0 Å². The molecule has 2 aromatic heterocycles. The number of thiazole rings is 1. The molecular formula is C24H26FN5O4S. The first-order valence-electron chi connectivity index (χ1n) is 11.1. The largest absolute Gasteiger partial charge is 0.493 e. The van der Waals surface area contributed by atoms with Crippen molar-refractivity contribution in [2.45, 2.75) is 6.04 Å². The number of nitrogens with zero attached hydrogens (tertiary/aromatic N) is 5. The van der Waals surface area contributed by atoms with E-state index in [1.807, 2.05) is 23.1 Å². The van der Waals surface area contributed by atoms with E-state index in [9.17, 15) is 9.50 Å². The molecule has 1 aliphatic rings. The van der Waals surface area contributed by atoms with E-state index in [4.69, 9.17) is 14.2 Å². The highest BCUT2D eigenvalue weighted by Gasteiger charge is 2.33. The molecule has 0 unspecified atom stereocenters. The van der Waals surface area contributed by atoms with Gasteiger partial charge in [-0.15, -0.1) is 0 Å². The van der Waals surface area contributed by atoms with Crippen molar-refractivity contribution >= 4 is 22.0 Å². The minimum Gasteiger partial charge on any atom is -0.493 e. The lowest BCUT2D eigenvalue weighted by molar-refractivity contribution is 0.209. The molecule has 1 atom stereocenters. The molecule has 1 fully saturated rings. The van der Waals surface area contributed by atoms with Crippen molar-refractivity contribution in [1.29, 1.82) is 0 Å². The number of aromatic hydroxyl groups is 1. The number of para-hydroxylation sites is 1. The molecule has 0 aliphatic carbocycles. The van der Waals surface area contributed by atoms with Gasteiger partial charge in [-0.2, -0.15) is 9.61 Å². The Morgan fingerprint density at radius 1 is 1.00 bits per heavy atom. The maximum Gasteiger partial charge on any atom is 0.230 e. The molecule has 0 spiro atoms. The van der Waals surface area contributed by atoms with E-state index < -0.39 is 0 Å². The minimum absolute atomic E-state index is 0.0396. The lowest BCUT2D eigenvalue weighted by Gasteiger charge is -2.40. The molecule has 35 heavy (non-hydrogen) atoms. The van der Waals surface area contributed by atoms with Crippen molar-refractivity contribution in [2.75, 3.05) is 52.4 Å². The number of hydrogen-bond donors (Lipinski definition) is 1. The molecule has 0 amide bonds. The van der Waals surface area contributed by atoms with E-state index in [1.54, 1.807) is 33.5 Å². The fourth-order valence-corrected chi connectivity index (χ4v) is 5.68. The zero-order valence-electron chi connectivity index (χ0n) is 19.6. The minimum atomic E-state index is -0.333. The second-order valence-electron chi connectivity index (χ2n) is 8.08. The van der Waals surface area contributed by atoms with Crippen molar-refractivity contribution in [3.05, 3.63) is 59.0 Å². The van der Waals surface area contributed by atoms with Crippen LogP contribution in [-0.4, -0.2) is 72.1 Å². The summed E-state index contributed by atoms with van der Waals surface area (Å²) in [5.74, 6) is 1.35. The van der Waals surface area contributed by atoms with Gasteiger partial charge in [0.2, 0.25) is 16.6 Å². The van der Waals surface area contributed by atoms with E-state index in [0.717, 1.165) is 5.56 Å². The molecule has 1 aliphatic heterocycles. The van der Waals surface area contributed by atoms with Crippen LogP contribution in [0.4, 0.5) is 10.1 Å². The van der Waals surface area contributed by atoms with Gasteiger partial charge in [-0.05, 0) is 29.8 Å². The van der Waals surface area contributed by atoms with Crippen LogP contribution in [0.1, 0.15) is 16.5 Å². The van der Waals surface area contributed by atoms with Crippen LogP contribution >= 0.6 is 11.3 Å². The first-order valence-corrected chi connectivity index (χ1v) is 11.9. The molecule has 4 aromatic rings. The van der Waals surface area contributed by atoms with E-state index in [0.29, 0.717) is 59.0 Å². The summed E-state index contributed by atoms with van der Waals surface area (Å²) in [6.45, 7) is 2.54. The number of piperazine rings is 1. The Labute approximate surface area is 205 Å². The van der Waals surface area contributed by atoms with Crippen LogP contribution in [0.3, 0.4) is 0 Å². The van der Waals surface area contributed by atoms with Crippen molar-refractivity contribution in [3.63, 3.8) is 0 Å². The van der Waals surface area contributed by atoms with E-state index in [1.165, 1.54) is 28.2 Å². The van der Waals surface area contributed by atoms with Gasteiger partial charge < -0.3 is 24.2 Å². The maximum atomic E-state index is 14.4. The maximum absolute atomic E-state index is 14.4. The lowest BCUT2D eigenvalue weighted by atomic mass is 10.0. The highest BCUT2D eigenvalue weighted by molar-refractivity contribution is 7.17. The third kappa shape index (κ3) is 4.10. The standard InChI is InChI=1S/C24H26FN5O4S/c1-32-18-12-15(13-19(33-2)21(18)34-3)20(22-23(31)30-24(35-22)26-14-27-30)29-10-8-28(9-11-29)17-7-5-4-6-16(17)25/h4-7,12-14,20,31H,8-11H2,1-3H3/t20-/m0/s1. The highest BCUT2D eigenvalue weighted by atomic mass is 32.1. The lowest BCUT2D eigenvalue weighted by Crippen LogP contribution is -2.48. The first-order chi connectivity index (χ1) is 17.0. The van der Waals surface area contributed by atoms with Crippen LogP contribution < -0.4 is 19.1 Å². The second kappa shape index (κ2) is 9.59. The van der Waals surface area contributed by atoms with Crippen molar-refractivity contribution in [3.8, 4) is 23.1 Å². The molecule has 1 N–H and O–H groups in total. The molecular weight excluding hydrogens is 473 g/mol. The van der Waals surface area contributed by atoms with Gasteiger partial charge in [-0.1, -0.05) is 23.5 Å². The number of fused-ring (bicyclic) bond motifs is 1. The number of rotatable bonds is 7. The second-order valence-corrected chi connectivity index (χ2v) is 9.09. The van der Waals surface area contributed by atoms with Gasteiger partial charge in [0.1, 0.15) is 12.1 Å². The van der Waals surface area contributed by atoms with Crippen LogP contribution in [0.2, 0.25) is 0 Å². The van der Waals surface area contributed by atoms with E-state index in [-0.39, 0.29) is 17.7 Å². The highest BCUT2D eigenvalue weighted by Crippen LogP contribution is 2.45. The third-order valence-corrected chi connectivity index (χ3v) is 7.35. The van der Waals surface area contributed by atoms with Crippen molar-refractivity contribution < 1.29 is 23.7 Å². The predicted octanol–water partition coefficient (Wildman–Crippen LogP) is 3.57. The third-order valence-electron chi connectivity index (χ3n) is 6.26. The normalized spacial score (nSPS) is 15.4. The van der Waals surface area contributed by atoms with Crippen LogP contribution in [0, 0.1) is 5.82 Å². The average molecular weight is 500 g/mol. The summed E-state index contributed by atoms with van der Waals surface area (Å²) in [7, 11) is 4.71. The van der Waals surface area contributed by atoms with Crippen LogP contribution in [0.5, 0.6) is 23.1 Å². The first kappa shape index (κ1) is 23.2. The summed E-state index contributed by atoms with van der Waals surface area (Å²) in [6.07, 6.45) is 1.41. The Bertz CT molecular complexity index is 1310. The van der Waals surface area contributed by atoms with Crippen LogP contribution in [0.15, 0.2) is 42.7 Å². The Balaban J connectivity index is 1.55. The number of methoxy groups -OCH3 is 3. The molecule has 0 saturated carbocycles. The topological polar surface area (TPSA) is 84.6 Å². The van der Waals surface area contributed by atoms with Crippen molar-refractivity contribution in [1.82, 2.24) is 19.5 Å². The van der Waals surface area contributed by atoms with Gasteiger partial charge in [0.05, 0.1) is 37.9 Å². The molecule has 3 heterocycles. The zero-order chi connectivity index (χ0) is 24.5. The van der Waals surface area contributed by atoms with E-state index >= 15 is 0 Å². The number of aromatic nitrogens is 3. The molecule has 0 bridgehead atoms. The smallest absolute Gasteiger partial charge is 0.230 e. The summed E-state index contributed by atoms with van der Waals surface area (Å²) >= 11 is 1.37. The monoisotopic (exact) mass is 499 g/mol. The number of hydrogen-bond acceptors (Lipinski definition) is 9. The zero-order valence-corrected chi connectivity index (χ0v) is 20.5. The number of ether oxygens (including phenoxy) is 3. The number of halogens is 1. The summed E-state index contributed by atoms with van der Waals surface area (Å²) < 4.78 is 32.5. The van der Waals surface area contributed by atoms with Gasteiger partial charge in [0.25, 0.3) is 0 Å². The summed E-state index contributed by atoms with van der Waals surface area (Å²) in [5.41, 5.74) is 1.46. The fraction of sp³-hybridized carbons (Fsp3) is 0.333. The summed E-state index contributed by atoms with van der Waals surface area (Å²) in [6, 6.07) is 10.3. The Hall–Kier alpha value is -3.57. The SMILES string of the molecule is COc1cc([C@@H](c2sc3ncnn3c2O)N2CCN(c3ccccc3F)CC2)cc(OC)c1OC. The van der Waals surface area contributed by atoms with Gasteiger partial charge in [-0.3, -0.25) is 4.90 Å². The molecule has 9 nitrogen and oxygen atoms in total. The molecule has 0 radical (unpaired) electrons. The number of anilines is 1. The molecule has 11 heteroatoms. The Kier molecular flexibility index (Phi) is 6.35. The van der Waals surface area contributed by atoms with Crippen LogP contribution in [0.25, 0.3) is 4.96 Å².